The van der Waals surface area contributed by atoms with Crippen molar-refractivity contribution in [1.29, 1.82) is 0 Å². The smallest absolute Gasteiger partial charge is 0.335 e. The lowest BCUT2D eigenvalue weighted by atomic mass is 10.1. The fraction of sp³-hybridized carbons (Fsp3) is 0.429. The van der Waals surface area contributed by atoms with E-state index in [1.165, 1.54) is 24.3 Å². The molecule has 1 amide bonds. The fourth-order valence-electron chi connectivity index (χ4n) is 2.23. The first kappa shape index (κ1) is 13.5. The topological polar surface area (TPSA) is 75.6 Å². The van der Waals surface area contributed by atoms with Crippen LogP contribution >= 0.6 is 0 Å². The average molecular weight is 263 g/mol. The van der Waals surface area contributed by atoms with Gasteiger partial charge in [-0.2, -0.15) is 0 Å². The van der Waals surface area contributed by atoms with Crippen LogP contribution in [0.3, 0.4) is 0 Å². The first-order chi connectivity index (χ1) is 9.11. The lowest BCUT2D eigenvalue weighted by Gasteiger charge is -2.18. The summed E-state index contributed by atoms with van der Waals surface area (Å²) < 4.78 is 5.51. The predicted molar refractivity (Wildman–Crippen MR) is 69.3 cm³/mol. The van der Waals surface area contributed by atoms with Gasteiger partial charge in [-0.3, -0.25) is 4.79 Å². The molecule has 1 aromatic rings. The van der Waals surface area contributed by atoms with Gasteiger partial charge in [-0.1, -0.05) is 6.92 Å². The van der Waals surface area contributed by atoms with Gasteiger partial charge >= 0.3 is 5.97 Å². The molecule has 1 aromatic carbocycles. The van der Waals surface area contributed by atoms with Crippen molar-refractivity contribution in [3.05, 3.63) is 35.4 Å². The normalized spacial score (nSPS) is 22.2. The summed E-state index contributed by atoms with van der Waals surface area (Å²) in [4.78, 5) is 22.8. The largest absolute Gasteiger partial charge is 0.478 e. The number of ether oxygens (including phenoxy) is 1. The minimum Gasteiger partial charge on any atom is -0.478 e. The highest BCUT2D eigenvalue weighted by atomic mass is 16.5. The molecule has 1 heterocycles. The summed E-state index contributed by atoms with van der Waals surface area (Å²) in [5.74, 6) is -1.19. The summed E-state index contributed by atoms with van der Waals surface area (Å²) in [5, 5.41) is 11.7. The van der Waals surface area contributed by atoms with Gasteiger partial charge in [-0.25, -0.2) is 4.79 Å². The predicted octanol–water partition coefficient (Wildman–Crippen LogP) is 1.68. The second-order valence-electron chi connectivity index (χ2n) is 4.57. The van der Waals surface area contributed by atoms with E-state index in [-0.39, 0.29) is 23.6 Å². The van der Waals surface area contributed by atoms with Crippen molar-refractivity contribution in [2.24, 2.45) is 0 Å². The molecule has 0 saturated carbocycles. The highest BCUT2D eigenvalue weighted by Gasteiger charge is 2.28. The maximum absolute atomic E-state index is 12.0. The van der Waals surface area contributed by atoms with E-state index in [9.17, 15) is 9.59 Å². The number of carbonyl (C=O) groups excluding carboxylic acids is 1. The van der Waals surface area contributed by atoms with E-state index < -0.39 is 5.97 Å². The molecule has 2 N–H and O–H groups in total. The highest BCUT2D eigenvalue weighted by Crippen LogP contribution is 2.17. The van der Waals surface area contributed by atoms with Crippen molar-refractivity contribution in [3.63, 3.8) is 0 Å². The van der Waals surface area contributed by atoms with Crippen LogP contribution in [0.2, 0.25) is 0 Å². The van der Waals surface area contributed by atoms with Crippen molar-refractivity contribution in [2.45, 2.75) is 31.9 Å². The third kappa shape index (κ3) is 3.12. The van der Waals surface area contributed by atoms with Gasteiger partial charge in [0.05, 0.1) is 17.7 Å². The van der Waals surface area contributed by atoms with Crippen LogP contribution in [0, 0.1) is 0 Å². The summed E-state index contributed by atoms with van der Waals surface area (Å²) in [6, 6.07) is 5.95. The number of amides is 1. The quantitative estimate of drug-likeness (QED) is 0.866. The molecular weight excluding hydrogens is 246 g/mol. The Labute approximate surface area is 111 Å². The fourth-order valence-corrected chi connectivity index (χ4v) is 2.23. The van der Waals surface area contributed by atoms with Crippen LogP contribution in [0.5, 0.6) is 0 Å². The molecule has 0 bridgehead atoms. The van der Waals surface area contributed by atoms with Gasteiger partial charge in [0.1, 0.15) is 0 Å². The zero-order valence-corrected chi connectivity index (χ0v) is 10.8. The molecule has 5 heteroatoms. The maximum atomic E-state index is 12.0. The molecule has 1 aliphatic heterocycles. The van der Waals surface area contributed by atoms with Gasteiger partial charge < -0.3 is 15.2 Å². The van der Waals surface area contributed by atoms with Gasteiger partial charge in [0.25, 0.3) is 5.91 Å². The van der Waals surface area contributed by atoms with Crippen molar-refractivity contribution in [2.75, 3.05) is 6.61 Å². The van der Waals surface area contributed by atoms with Gasteiger partial charge in [0.2, 0.25) is 0 Å². The molecule has 0 radical (unpaired) electrons. The lowest BCUT2D eigenvalue weighted by molar-refractivity contribution is 0.0696. The van der Waals surface area contributed by atoms with Crippen LogP contribution in [-0.4, -0.2) is 35.7 Å². The average Bonchev–Trinajstić information content (AvgIpc) is 2.86. The van der Waals surface area contributed by atoms with Crippen molar-refractivity contribution < 1.29 is 19.4 Å². The molecule has 0 aliphatic carbocycles. The number of nitrogens with one attached hydrogen (secondary N) is 1. The Hall–Kier alpha value is -1.88. The third-order valence-corrected chi connectivity index (χ3v) is 3.32. The number of rotatable bonds is 4. The van der Waals surface area contributed by atoms with E-state index in [1.54, 1.807) is 0 Å². The summed E-state index contributed by atoms with van der Waals surface area (Å²) in [6.45, 7) is 2.69. The van der Waals surface area contributed by atoms with Crippen molar-refractivity contribution >= 4 is 11.9 Å². The third-order valence-electron chi connectivity index (χ3n) is 3.32. The number of carboxylic acid groups (broad SMARTS) is 1. The van der Waals surface area contributed by atoms with Gasteiger partial charge in [-0.05, 0) is 37.1 Å². The Morgan fingerprint density at radius 2 is 1.95 bits per heavy atom. The van der Waals surface area contributed by atoms with Crippen LogP contribution < -0.4 is 5.32 Å². The van der Waals surface area contributed by atoms with Gasteiger partial charge in [0.15, 0.2) is 0 Å². The minimum absolute atomic E-state index is 0.0386. The molecule has 1 saturated heterocycles. The number of aromatic carboxylic acids is 1. The van der Waals surface area contributed by atoms with Crippen LogP contribution in [0.15, 0.2) is 24.3 Å². The minimum atomic E-state index is -0.998. The maximum Gasteiger partial charge on any atom is 0.335 e. The zero-order chi connectivity index (χ0) is 13.8. The van der Waals surface area contributed by atoms with E-state index in [0.29, 0.717) is 12.2 Å². The molecule has 2 atom stereocenters. The van der Waals surface area contributed by atoms with Crippen LogP contribution in [0.4, 0.5) is 0 Å². The zero-order valence-electron chi connectivity index (χ0n) is 10.8. The van der Waals surface area contributed by atoms with Gasteiger partial charge in [0, 0.05) is 12.2 Å². The molecule has 0 aromatic heterocycles. The molecule has 1 fully saturated rings. The number of carboxylic acids is 1. The molecule has 0 unspecified atom stereocenters. The van der Waals surface area contributed by atoms with E-state index >= 15 is 0 Å². The monoisotopic (exact) mass is 263 g/mol. The first-order valence-electron chi connectivity index (χ1n) is 6.37. The Morgan fingerprint density at radius 1 is 1.32 bits per heavy atom. The Morgan fingerprint density at radius 3 is 2.53 bits per heavy atom. The summed E-state index contributed by atoms with van der Waals surface area (Å²) in [5.41, 5.74) is 0.638. The molecule has 1 aliphatic rings. The van der Waals surface area contributed by atoms with Crippen LogP contribution in [0.25, 0.3) is 0 Å². The summed E-state index contributed by atoms with van der Waals surface area (Å²) >= 11 is 0. The van der Waals surface area contributed by atoms with Crippen LogP contribution in [0.1, 0.15) is 40.5 Å². The molecular formula is C14H17NO4. The molecule has 102 valence electrons. The van der Waals surface area contributed by atoms with Gasteiger partial charge in [-0.15, -0.1) is 0 Å². The van der Waals surface area contributed by atoms with Crippen molar-refractivity contribution in [3.8, 4) is 0 Å². The Bertz CT molecular complexity index is 469. The van der Waals surface area contributed by atoms with E-state index in [2.05, 4.69) is 5.32 Å². The number of hydrogen-bond donors (Lipinski definition) is 2. The summed E-state index contributed by atoms with van der Waals surface area (Å²) in [7, 11) is 0. The number of hydrogen-bond acceptors (Lipinski definition) is 3. The summed E-state index contributed by atoms with van der Waals surface area (Å²) in [6.07, 6.45) is 1.75. The molecule has 19 heavy (non-hydrogen) atoms. The lowest BCUT2D eigenvalue weighted by Crippen LogP contribution is -2.40. The molecule has 0 spiro atoms. The Balaban J connectivity index is 2.01. The van der Waals surface area contributed by atoms with Crippen molar-refractivity contribution in [1.82, 2.24) is 5.32 Å². The highest BCUT2D eigenvalue weighted by molar-refractivity contribution is 5.96. The molecule has 5 nitrogen and oxygen atoms in total. The van der Waals surface area contributed by atoms with E-state index in [4.69, 9.17) is 9.84 Å². The molecule has 2 rings (SSSR count). The second-order valence-corrected chi connectivity index (χ2v) is 4.57. The van der Waals surface area contributed by atoms with Crippen LogP contribution in [-0.2, 0) is 4.74 Å². The first-order valence-corrected chi connectivity index (χ1v) is 6.37. The number of carbonyl (C=O) groups is 2. The van der Waals surface area contributed by atoms with E-state index in [0.717, 1.165) is 12.8 Å². The van der Waals surface area contributed by atoms with E-state index in [1.807, 2.05) is 6.92 Å². The second kappa shape index (κ2) is 5.84. The SMILES string of the molecule is CC[C@@H]1OCC[C@H]1NC(=O)c1ccc(C(=O)O)cc1. The number of benzene rings is 1. The Kier molecular flexibility index (Phi) is 4.16. The standard InChI is InChI=1S/C14H17NO4/c1-2-12-11(7-8-19-12)15-13(16)9-3-5-10(6-4-9)14(17)18/h3-6,11-12H,2,7-8H2,1H3,(H,15,16)(H,17,18)/t11-,12+/m1/s1.